The minimum Gasteiger partial charge on any atom is -0.0845 e. The van der Waals surface area contributed by atoms with E-state index >= 15 is 0 Å². The zero-order chi connectivity index (χ0) is 47.7. The normalized spacial score (nSPS) is 20.1. The minimum absolute atomic E-state index is 0.203. The highest BCUT2D eigenvalue weighted by Gasteiger charge is 2.53. The molecule has 0 saturated heterocycles. The third-order valence-electron chi connectivity index (χ3n) is 18.4. The van der Waals surface area contributed by atoms with Crippen LogP contribution in [0.4, 0.5) is 0 Å². The first-order chi connectivity index (χ1) is 36.0. The lowest BCUT2D eigenvalue weighted by Crippen LogP contribution is -2.12. The van der Waals surface area contributed by atoms with Gasteiger partial charge in [-0.1, -0.05) is 171 Å². The van der Waals surface area contributed by atoms with Gasteiger partial charge in [-0.2, -0.15) is 0 Å². The van der Waals surface area contributed by atoms with Crippen molar-refractivity contribution in [2.75, 3.05) is 0 Å². The van der Waals surface area contributed by atoms with E-state index in [-0.39, 0.29) is 5.41 Å². The third-order valence-corrected chi connectivity index (χ3v) is 18.4. The molecule has 5 aliphatic rings. The molecule has 0 spiro atoms. The van der Waals surface area contributed by atoms with Gasteiger partial charge in [0.1, 0.15) is 0 Å². The van der Waals surface area contributed by atoms with Gasteiger partial charge in [-0.05, 0) is 251 Å². The highest BCUT2D eigenvalue weighted by Crippen LogP contribution is 2.62. The summed E-state index contributed by atoms with van der Waals surface area (Å²) in [5.74, 6) is 1.81. The average molecular weight is 927 g/mol. The molecule has 0 amide bonds. The van der Waals surface area contributed by atoms with Crippen molar-refractivity contribution in [2.45, 2.75) is 43.9 Å². The Morgan fingerprint density at radius 3 is 1.79 bits per heavy atom. The molecule has 4 unspecified atom stereocenters. The largest absolute Gasteiger partial charge is 0.0845 e. The lowest BCUT2D eigenvalue weighted by Gasteiger charge is -2.26. The Balaban J connectivity index is 1.02. The van der Waals surface area contributed by atoms with E-state index < -0.39 is 0 Å². The summed E-state index contributed by atoms with van der Waals surface area (Å²) in [6.45, 7) is 2.48. The fourth-order valence-corrected chi connectivity index (χ4v) is 14.5. The summed E-state index contributed by atoms with van der Waals surface area (Å²) in [4.78, 5) is 0. The summed E-state index contributed by atoms with van der Waals surface area (Å²) in [6, 6.07) is 72.9. The molecule has 2 saturated carbocycles. The molecule has 0 heterocycles. The summed E-state index contributed by atoms with van der Waals surface area (Å²) < 4.78 is 0. The molecule has 0 aliphatic heterocycles. The molecule has 17 rings (SSSR count). The van der Waals surface area contributed by atoms with Gasteiger partial charge in [-0.25, -0.2) is 0 Å². The minimum atomic E-state index is 0.203. The Kier molecular flexibility index (Phi) is 8.09. The number of allylic oxidation sites excluding steroid dienone is 4. The molecule has 342 valence electrons. The topological polar surface area (TPSA) is 0 Å². The maximum Gasteiger partial charge on any atom is 0.0000148 e. The Hall–Kier alpha value is -8.32. The van der Waals surface area contributed by atoms with E-state index in [1.807, 2.05) is 0 Å². The van der Waals surface area contributed by atoms with Gasteiger partial charge in [-0.3, -0.25) is 0 Å². The Bertz CT molecular complexity index is 4590. The zero-order valence-electron chi connectivity index (χ0n) is 40.8. The van der Waals surface area contributed by atoms with Crippen LogP contribution in [-0.4, -0.2) is 0 Å². The molecule has 0 aromatic heterocycles. The lowest BCUT2D eigenvalue weighted by atomic mass is 9.77. The molecule has 0 radical (unpaired) electrons. The molecule has 0 heteroatoms. The van der Waals surface area contributed by atoms with Crippen LogP contribution in [0.5, 0.6) is 0 Å². The summed E-state index contributed by atoms with van der Waals surface area (Å²) in [5.41, 5.74) is 19.4. The standard InChI is InChI=1S/C73H50/c1-73-41-54(73)38-66(56-19-8-9-23-69(56)73)68-39-62(49-26-24-46-30-42-12-2-4-14-44(42)32-52(46)34-49)58-21-11-22-59-67(65-37-51-17-10-16-48-36-64(48)70(51)57-20-7-6-18-55(57)65)40-63(60-28-29-61(68)71(58)72(59)60)50-27-25-47-31-43-13-3-5-15-45(43)33-53(47)35-50/h2-16,18-21,23-35,37-40,48,54,64H,17,22,36,41H2,1H3. The predicted molar refractivity (Wildman–Crippen MR) is 311 cm³/mol. The number of fused-ring (bicyclic) bond motifs is 12. The van der Waals surface area contributed by atoms with Crippen molar-refractivity contribution in [1.82, 2.24) is 0 Å². The van der Waals surface area contributed by atoms with Crippen LogP contribution in [0, 0.1) is 11.8 Å². The van der Waals surface area contributed by atoms with Crippen LogP contribution in [-0.2, 0) is 18.3 Å². The van der Waals surface area contributed by atoms with Crippen molar-refractivity contribution in [1.29, 1.82) is 0 Å². The smallest absolute Gasteiger partial charge is 0.0000148 e. The van der Waals surface area contributed by atoms with Crippen molar-refractivity contribution < 1.29 is 0 Å². The number of hydrogen-bond acceptors (Lipinski definition) is 0. The quantitative estimate of drug-likeness (QED) is 0.0937. The number of rotatable bonds is 4. The maximum atomic E-state index is 2.65. The van der Waals surface area contributed by atoms with E-state index in [2.05, 4.69) is 225 Å². The first kappa shape index (κ1) is 40.3. The first-order valence-electron chi connectivity index (χ1n) is 26.7. The molecule has 0 bridgehead atoms. The van der Waals surface area contributed by atoms with E-state index in [0.717, 1.165) is 12.8 Å². The Labute approximate surface area is 425 Å². The van der Waals surface area contributed by atoms with Crippen LogP contribution in [0.1, 0.15) is 64.6 Å². The fourth-order valence-electron chi connectivity index (χ4n) is 14.5. The Morgan fingerprint density at radius 1 is 0.438 bits per heavy atom. The summed E-state index contributed by atoms with van der Waals surface area (Å²) >= 11 is 0. The van der Waals surface area contributed by atoms with Crippen molar-refractivity contribution in [3.8, 4) is 33.4 Å². The summed E-state index contributed by atoms with van der Waals surface area (Å²) in [7, 11) is 0. The highest BCUT2D eigenvalue weighted by atomic mass is 14.6. The number of benzene rings is 12. The SMILES string of the molecule is CC12CC1C=C(c1cc(-c3ccc4cc5ccccc5cc4c3)c3c4c1ccc1c(-c5ccc6cc7ccccc7cc6c5)cc(-c5cc6c(c7ccccc57)C5CC5C=CC6)c(c14)CC=C3)c1ccccc12. The Morgan fingerprint density at radius 2 is 1.05 bits per heavy atom. The monoisotopic (exact) mass is 926 g/mol. The first-order valence-corrected chi connectivity index (χ1v) is 26.7. The van der Waals surface area contributed by atoms with Gasteiger partial charge < -0.3 is 0 Å². The maximum absolute atomic E-state index is 2.65. The highest BCUT2D eigenvalue weighted by molar-refractivity contribution is 6.23. The molecule has 12 aromatic rings. The third kappa shape index (κ3) is 5.84. The van der Waals surface area contributed by atoms with Gasteiger partial charge in [0, 0.05) is 5.41 Å². The van der Waals surface area contributed by atoms with Crippen LogP contribution >= 0.6 is 0 Å². The van der Waals surface area contributed by atoms with Gasteiger partial charge >= 0.3 is 0 Å². The molecule has 5 aliphatic carbocycles. The molecule has 4 atom stereocenters. The van der Waals surface area contributed by atoms with Crippen LogP contribution in [0.2, 0.25) is 0 Å². The second-order valence-electron chi connectivity index (χ2n) is 22.4. The average Bonchev–Trinajstić information content (AvgIpc) is 4.37. The predicted octanol–water partition coefficient (Wildman–Crippen LogP) is 19.3. The number of hydrogen-bond donors (Lipinski definition) is 0. The van der Waals surface area contributed by atoms with Gasteiger partial charge in [0.05, 0.1) is 0 Å². The molecule has 12 aromatic carbocycles. The van der Waals surface area contributed by atoms with Crippen molar-refractivity contribution >= 4 is 87.1 Å². The van der Waals surface area contributed by atoms with Gasteiger partial charge in [0.2, 0.25) is 0 Å². The van der Waals surface area contributed by atoms with E-state index in [4.69, 9.17) is 0 Å². The summed E-state index contributed by atoms with van der Waals surface area (Å²) in [6.07, 6.45) is 16.9. The fraction of sp³-hybridized carbons (Fsp3) is 0.123. The molecular weight excluding hydrogens is 877 g/mol. The zero-order valence-corrected chi connectivity index (χ0v) is 40.8. The van der Waals surface area contributed by atoms with E-state index in [0.29, 0.717) is 17.8 Å². The van der Waals surface area contributed by atoms with Crippen molar-refractivity contribution in [3.63, 3.8) is 0 Å². The van der Waals surface area contributed by atoms with Crippen molar-refractivity contribution in [2.24, 2.45) is 11.8 Å². The molecular formula is C73H50. The molecule has 0 nitrogen and oxygen atoms in total. The van der Waals surface area contributed by atoms with E-state index in [1.54, 1.807) is 5.56 Å². The summed E-state index contributed by atoms with van der Waals surface area (Å²) in [5, 5.41) is 18.4. The van der Waals surface area contributed by atoms with E-state index in [9.17, 15) is 0 Å². The van der Waals surface area contributed by atoms with Crippen molar-refractivity contribution in [3.05, 3.63) is 251 Å². The molecule has 73 heavy (non-hydrogen) atoms. The van der Waals surface area contributed by atoms with Crippen LogP contribution in [0.25, 0.3) is 120 Å². The van der Waals surface area contributed by atoms with Crippen LogP contribution < -0.4 is 0 Å². The van der Waals surface area contributed by atoms with E-state index in [1.165, 1.54) is 161 Å². The lowest BCUT2D eigenvalue weighted by molar-refractivity contribution is 0.726. The molecule has 0 N–H and O–H groups in total. The van der Waals surface area contributed by atoms with Crippen LogP contribution in [0.15, 0.2) is 212 Å². The second-order valence-corrected chi connectivity index (χ2v) is 22.4. The second kappa shape index (κ2) is 14.7. The van der Waals surface area contributed by atoms with Crippen LogP contribution in [0.3, 0.4) is 0 Å². The van der Waals surface area contributed by atoms with Gasteiger partial charge in [-0.15, -0.1) is 0 Å². The van der Waals surface area contributed by atoms with Gasteiger partial charge in [0.15, 0.2) is 0 Å². The van der Waals surface area contributed by atoms with Gasteiger partial charge in [0.25, 0.3) is 0 Å². The molecule has 2 fully saturated rings.